The van der Waals surface area contributed by atoms with Gasteiger partial charge in [-0.1, -0.05) is 60.1 Å². The molecule has 0 saturated carbocycles. The molecule has 0 radical (unpaired) electrons. The van der Waals surface area contributed by atoms with Crippen molar-refractivity contribution in [1.29, 1.82) is 0 Å². The predicted molar refractivity (Wildman–Crippen MR) is 128 cm³/mol. The number of hydrogen-bond donors (Lipinski definition) is 0. The maximum absolute atomic E-state index is 13.3. The molecule has 0 aliphatic heterocycles. The van der Waals surface area contributed by atoms with Gasteiger partial charge >= 0.3 is 5.69 Å². The van der Waals surface area contributed by atoms with Gasteiger partial charge in [0.05, 0.1) is 19.4 Å². The third-order valence-electron chi connectivity index (χ3n) is 5.13. The van der Waals surface area contributed by atoms with E-state index in [4.69, 9.17) is 4.74 Å². The van der Waals surface area contributed by atoms with Crippen molar-refractivity contribution in [3.63, 3.8) is 0 Å². The Balaban J connectivity index is 1.74. The van der Waals surface area contributed by atoms with Crippen molar-refractivity contribution in [2.75, 3.05) is 6.61 Å². The number of imidazole rings is 1. The highest BCUT2D eigenvalue weighted by molar-refractivity contribution is 9.10. The molecule has 0 N–H and O–H groups in total. The van der Waals surface area contributed by atoms with Crippen LogP contribution in [0.15, 0.2) is 75.0 Å². The summed E-state index contributed by atoms with van der Waals surface area (Å²) in [6.07, 6.45) is 1.65. The summed E-state index contributed by atoms with van der Waals surface area (Å²) in [6.45, 7) is 5.48. The lowest BCUT2D eigenvalue weighted by molar-refractivity contribution is 0.292. The summed E-state index contributed by atoms with van der Waals surface area (Å²) in [5.41, 5.74) is 1.09. The lowest BCUT2D eigenvalue weighted by Crippen LogP contribution is -2.42. The monoisotopic (exact) mass is 496 g/mol. The molecule has 4 rings (SSSR count). The highest BCUT2D eigenvalue weighted by atomic mass is 79.9. The van der Waals surface area contributed by atoms with Crippen LogP contribution in [0.25, 0.3) is 11.2 Å². The highest BCUT2D eigenvalue weighted by Gasteiger charge is 2.18. The Bertz CT molecular complexity index is 1320. The molecular formula is C24H25BrN4O3. The van der Waals surface area contributed by atoms with Crippen molar-refractivity contribution in [3.8, 4) is 5.75 Å². The average molecular weight is 497 g/mol. The Morgan fingerprint density at radius 3 is 2.41 bits per heavy atom. The summed E-state index contributed by atoms with van der Waals surface area (Å²) in [5.74, 6) is 1.01. The smallest absolute Gasteiger partial charge is 0.333 e. The molecule has 4 aromatic rings. The second kappa shape index (κ2) is 9.56. The molecule has 0 saturated heterocycles. The Kier molecular flexibility index (Phi) is 6.60. The van der Waals surface area contributed by atoms with Crippen LogP contribution in [0.4, 0.5) is 0 Å². The third-order valence-corrected chi connectivity index (χ3v) is 5.65. The third kappa shape index (κ3) is 4.70. The van der Waals surface area contributed by atoms with Crippen LogP contribution in [-0.4, -0.2) is 25.3 Å². The van der Waals surface area contributed by atoms with E-state index in [-0.39, 0.29) is 24.4 Å². The molecule has 32 heavy (non-hydrogen) atoms. The Morgan fingerprint density at radius 2 is 1.72 bits per heavy atom. The molecule has 7 nitrogen and oxygen atoms in total. The fourth-order valence-corrected chi connectivity index (χ4v) is 3.93. The number of benzene rings is 2. The molecule has 0 fully saturated rings. The van der Waals surface area contributed by atoms with Gasteiger partial charge in [0, 0.05) is 11.0 Å². The molecule has 2 aromatic carbocycles. The average Bonchev–Trinajstić information content (AvgIpc) is 3.18. The minimum atomic E-state index is -0.388. The van der Waals surface area contributed by atoms with E-state index < -0.39 is 0 Å². The molecular weight excluding hydrogens is 472 g/mol. The van der Waals surface area contributed by atoms with Crippen LogP contribution >= 0.6 is 15.9 Å². The summed E-state index contributed by atoms with van der Waals surface area (Å²) in [4.78, 5) is 31.1. The van der Waals surface area contributed by atoms with Crippen LogP contribution in [0, 0.1) is 5.92 Å². The molecule has 0 atom stereocenters. The van der Waals surface area contributed by atoms with Crippen LogP contribution in [0.2, 0.25) is 0 Å². The van der Waals surface area contributed by atoms with Gasteiger partial charge in [0.1, 0.15) is 12.4 Å². The van der Waals surface area contributed by atoms with Gasteiger partial charge in [-0.2, -0.15) is 0 Å². The Labute approximate surface area is 194 Å². The van der Waals surface area contributed by atoms with Crippen LogP contribution in [0.3, 0.4) is 0 Å². The molecule has 0 aliphatic rings. The lowest BCUT2D eigenvalue weighted by atomic mass is 10.2. The molecule has 2 heterocycles. The summed E-state index contributed by atoms with van der Waals surface area (Å²) in [5, 5.41) is 0. The standard InChI is InChI=1S/C24H25BrN4O3/c1-17(2)14-27-16-26-22-21(27)23(30)28(12-13-32-20-10-8-19(25)9-11-20)24(31)29(22)15-18-6-4-3-5-7-18/h3-11,16-17H,12-15H2,1-2H3. The Hall–Kier alpha value is -3.13. The zero-order chi connectivity index (χ0) is 22.7. The van der Waals surface area contributed by atoms with Gasteiger partial charge in [-0.15, -0.1) is 0 Å². The van der Waals surface area contributed by atoms with E-state index in [0.717, 1.165) is 10.0 Å². The van der Waals surface area contributed by atoms with E-state index >= 15 is 0 Å². The number of aromatic nitrogens is 4. The van der Waals surface area contributed by atoms with E-state index in [1.54, 1.807) is 10.9 Å². The highest BCUT2D eigenvalue weighted by Crippen LogP contribution is 2.16. The van der Waals surface area contributed by atoms with Gasteiger partial charge in [0.25, 0.3) is 5.56 Å². The van der Waals surface area contributed by atoms with Gasteiger partial charge < -0.3 is 9.30 Å². The van der Waals surface area contributed by atoms with Crippen LogP contribution in [-0.2, 0) is 19.6 Å². The summed E-state index contributed by atoms with van der Waals surface area (Å²) in [6, 6.07) is 17.1. The second-order valence-electron chi connectivity index (χ2n) is 8.08. The van der Waals surface area contributed by atoms with Gasteiger partial charge in [-0.3, -0.25) is 13.9 Å². The number of ether oxygens (including phenoxy) is 1. The van der Waals surface area contributed by atoms with Gasteiger partial charge in [0.15, 0.2) is 11.2 Å². The van der Waals surface area contributed by atoms with Gasteiger partial charge in [-0.05, 0) is 35.7 Å². The van der Waals surface area contributed by atoms with Crippen molar-refractivity contribution < 1.29 is 4.74 Å². The maximum Gasteiger partial charge on any atom is 0.333 e. The quantitative estimate of drug-likeness (QED) is 0.370. The zero-order valence-electron chi connectivity index (χ0n) is 18.1. The zero-order valence-corrected chi connectivity index (χ0v) is 19.7. The minimum absolute atomic E-state index is 0.144. The van der Waals surface area contributed by atoms with Crippen molar-refractivity contribution in [1.82, 2.24) is 18.7 Å². The van der Waals surface area contributed by atoms with Crippen LogP contribution in [0.5, 0.6) is 5.75 Å². The first-order valence-electron chi connectivity index (χ1n) is 10.5. The van der Waals surface area contributed by atoms with Gasteiger partial charge in [-0.25, -0.2) is 9.78 Å². The fourth-order valence-electron chi connectivity index (χ4n) is 3.66. The Morgan fingerprint density at radius 1 is 1.00 bits per heavy atom. The summed E-state index contributed by atoms with van der Waals surface area (Å²) in [7, 11) is 0. The SMILES string of the molecule is CC(C)Cn1cnc2c1c(=O)n(CCOc1ccc(Br)cc1)c(=O)n2Cc1ccccc1. The minimum Gasteiger partial charge on any atom is -0.492 e. The van der Waals surface area contributed by atoms with Crippen LogP contribution < -0.4 is 16.0 Å². The second-order valence-corrected chi connectivity index (χ2v) is 8.99. The molecule has 0 amide bonds. The first kappa shape index (κ1) is 22.1. The lowest BCUT2D eigenvalue weighted by Gasteiger charge is -2.14. The van der Waals surface area contributed by atoms with Crippen molar-refractivity contribution in [3.05, 3.63) is 91.8 Å². The molecule has 166 valence electrons. The van der Waals surface area contributed by atoms with E-state index in [1.807, 2.05) is 59.2 Å². The maximum atomic E-state index is 13.3. The molecule has 8 heteroatoms. The molecule has 0 aliphatic carbocycles. The normalized spacial score (nSPS) is 11.4. The number of rotatable bonds is 8. The van der Waals surface area contributed by atoms with E-state index in [1.165, 1.54) is 4.57 Å². The van der Waals surface area contributed by atoms with Crippen molar-refractivity contribution in [2.24, 2.45) is 5.92 Å². The van der Waals surface area contributed by atoms with E-state index in [0.29, 0.717) is 35.9 Å². The first-order chi connectivity index (χ1) is 15.4. The largest absolute Gasteiger partial charge is 0.492 e. The predicted octanol–water partition coefficient (Wildman–Crippen LogP) is 3.91. The van der Waals surface area contributed by atoms with Crippen molar-refractivity contribution >= 4 is 27.1 Å². The van der Waals surface area contributed by atoms with Gasteiger partial charge in [0.2, 0.25) is 0 Å². The van der Waals surface area contributed by atoms with E-state index in [2.05, 4.69) is 34.8 Å². The topological polar surface area (TPSA) is 71.1 Å². The molecule has 0 spiro atoms. The summed E-state index contributed by atoms with van der Waals surface area (Å²) >= 11 is 3.39. The number of fused-ring (bicyclic) bond motifs is 1. The number of nitrogens with zero attached hydrogens (tertiary/aromatic N) is 4. The first-order valence-corrected chi connectivity index (χ1v) is 11.3. The number of halogens is 1. The summed E-state index contributed by atoms with van der Waals surface area (Å²) < 4.78 is 11.4. The van der Waals surface area contributed by atoms with Crippen molar-refractivity contribution in [2.45, 2.75) is 33.5 Å². The van der Waals surface area contributed by atoms with Crippen LogP contribution in [0.1, 0.15) is 19.4 Å². The van der Waals surface area contributed by atoms with E-state index in [9.17, 15) is 9.59 Å². The number of hydrogen-bond acceptors (Lipinski definition) is 4. The molecule has 2 aromatic heterocycles. The molecule has 0 unspecified atom stereocenters. The molecule has 0 bridgehead atoms. The fraction of sp³-hybridized carbons (Fsp3) is 0.292.